The number of rotatable bonds is 7. The molecule has 0 unspecified atom stereocenters. The standard InChI is InChI=1S/C21H18N6O2S2/c1-2-14-12-18(23-19(22-14)13-5-7-16(8-6-13)27(28)29)31-21-25-24-20(17-4-3-11-30-17)26(21)15-9-10-15/h3-8,11-12,15H,2,9-10H2,1H3. The van der Waals surface area contributed by atoms with Crippen molar-refractivity contribution in [1.82, 2.24) is 24.7 Å². The first-order valence-electron chi connectivity index (χ1n) is 9.92. The Labute approximate surface area is 186 Å². The second kappa shape index (κ2) is 8.20. The number of aromatic nitrogens is 5. The van der Waals surface area contributed by atoms with Crippen LogP contribution < -0.4 is 0 Å². The molecule has 0 N–H and O–H groups in total. The monoisotopic (exact) mass is 450 g/mol. The van der Waals surface area contributed by atoms with Crippen LogP contribution in [0.4, 0.5) is 5.69 Å². The zero-order valence-electron chi connectivity index (χ0n) is 16.6. The molecule has 0 spiro atoms. The van der Waals surface area contributed by atoms with E-state index < -0.39 is 4.92 Å². The Hall–Kier alpha value is -3.11. The number of thiophene rings is 1. The molecule has 0 amide bonds. The summed E-state index contributed by atoms with van der Waals surface area (Å²) in [6.07, 6.45) is 3.01. The van der Waals surface area contributed by atoms with Crippen molar-refractivity contribution in [3.05, 3.63) is 63.7 Å². The summed E-state index contributed by atoms with van der Waals surface area (Å²) in [4.78, 5) is 21.0. The van der Waals surface area contributed by atoms with Gasteiger partial charge in [0.25, 0.3) is 5.69 Å². The maximum absolute atomic E-state index is 10.9. The molecule has 8 nitrogen and oxygen atoms in total. The zero-order chi connectivity index (χ0) is 21.4. The SMILES string of the molecule is CCc1cc(Sc2nnc(-c3cccs3)n2C2CC2)nc(-c2ccc([N+](=O)[O-])cc2)n1. The molecule has 3 aromatic heterocycles. The molecular weight excluding hydrogens is 432 g/mol. The van der Waals surface area contributed by atoms with Crippen LogP contribution in [0.15, 0.2) is 58.0 Å². The lowest BCUT2D eigenvalue weighted by Crippen LogP contribution is -2.00. The van der Waals surface area contributed by atoms with E-state index >= 15 is 0 Å². The van der Waals surface area contributed by atoms with Crippen molar-refractivity contribution in [3.8, 4) is 22.1 Å². The lowest BCUT2D eigenvalue weighted by atomic mass is 10.2. The van der Waals surface area contributed by atoms with Crippen LogP contribution in [0, 0.1) is 10.1 Å². The fourth-order valence-electron chi connectivity index (χ4n) is 3.24. The van der Waals surface area contributed by atoms with Gasteiger partial charge in [-0.2, -0.15) is 0 Å². The van der Waals surface area contributed by atoms with Gasteiger partial charge in [-0.3, -0.25) is 14.7 Å². The Morgan fingerprint density at radius 3 is 2.65 bits per heavy atom. The van der Waals surface area contributed by atoms with Crippen LogP contribution >= 0.6 is 23.1 Å². The highest BCUT2D eigenvalue weighted by Gasteiger charge is 2.31. The second-order valence-electron chi connectivity index (χ2n) is 7.17. The van der Waals surface area contributed by atoms with Crippen molar-refractivity contribution in [2.45, 2.75) is 42.4 Å². The van der Waals surface area contributed by atoms with Gasteiger partial charge in [-0.1, -0.05) is 13.0 Å². The molecular formula is C21H18N6O2S2. The Morgan fingerprint density at radius 2 is 2.00 bits per heavy atom. The molecule has 31 heavy (non-hydrogen) atoms. The van der Waals surface area contributed by atoms with Gasteiger partial charge in [0.15, 0.2) is 16.8 Å². The molecule has 0 bridgehead atoms. The molecule has 4 aromatic rings. The summed E-state index contributed by atoms with van der Waals surface area (Å²) in [7, 11) is 0. The van der Waals surface area contributed by atoms with Gasteiger partial charge in [-0.15, -0.1) is 21.5 Å². The number of nitrogens with zero attached hydrogens (tertiary/aromatic N) is 6. The van der Waals surface area contributed by atoms with Gasteiger partial charge < -0.3 is 0 Å². The van der Waals surface area contributed by atoms with E-state index in [1.165, 1.54) is 23.9 Å². The number of aryl methyl sites for hydroxylation is 1. The largest absolute Gasteiger partial charge is 0.298 e. The number of benzene rings is 1. The minimum Gasteiger partial charge on any atom is -0.298 e. The van der Waals surface area contributed by atoms with Crippen molar-refractivity contribution >= 4 is 28.8 Å². The van der Waals surface area contributed by atoms with Gasteiger partial charge in [0, 0.05) is 29.4 Å². The van der Waals surface area contributed by atoms with Crippen molar-refractivity contribution in [3.63, 3.8) is 0 Å². The van der Waals surface area contributed by atoms with Gasteiger partial charge >= 0.3 is 0 Å². The van der Waals surface area contributed by atoms with Crippen molar-refractivity contribution in [2.75, 3.05) is 0 Å². The topological polar surface area (TPSA) is 99.6 Å². The average molecular weight is 451 g/mol. The molecule has 10 heteroatoms. The third-order valence-corrected chi connectivity index (χ3v) is 6.71. The highest BCUT2D eigenvalue weighted by molar-refractivity contribution is 7.99. The Bertz CT molecular complexity index is 1230. The van der Waals surface area contributed by atoms with Crippen LogP contribution in [-0.2, 0) is 6.42 Å². The first-order valence-corrected chi connectivity index (χ1v) is 11.6. The molecule has 1 aliphatic rings. The molecule has 0 aliphatic heterocycles. The van der Waals surface area contributed by atoms with Gasteiger partial charge in [0.05, 0.1) is 9.80 Å². The second-order valence-corrected chi connectivity index (χ2v) is 9.10. The number of hydrogen-bond donors (Lipinski definition) is 0. The van der Waals surface area contributed by atoms with Gasteiger partial charge in [-0.25, -0.2) is 9.97 Å². The van der Waals surface area contributed by atoms with Crippen LogP contribution in [0.1, 0.15) is 31.5 Å². The van der Waals surface area contributed by atoms with Crippen molar-refractivity contribution in [1.29, 1.82) is 0 Å². The summed E-state index contributed by atoms with van der Waals surface area (Å²) in [5, 5.41) is 23.5. The summed E-state index contributed by atoms with van der Waals surface area (Å²) in [6, 6.07) is 12.8. The Balaban J connectivity index is 1.50. The van der Waals surface area contributed by atoms with E-state index in [4.69, 9.17) is 4.98 Å². The minimum atomic E-state index is -0.412. The molecule has 0 saturated heterocycles. The predicted octanol–water partition coefficient (Wildman–Crippen LogP) is 5.42. The fraction of sp³-hybridized carbons (Fsp3) is 0.238. The highest BCUT2D eigenvalue weighted by atomic mass is 32.2. The Kier molecular flexibility index (Phi) is 5.24. The van der Waals surface area contributed by atoms with E-state index in [-0.39, 0.29) is 5.69 Å². The van der Waals surface area contributed by atoms with E-state index in [9.17, 15) is 10.1 Å². The number of hydrogen-bond acceptors (Lipinski definition) is 8. The summed E-state index contributed by atoms with van der Waals surface area (Å²) >= 11 is 3.14. The van der Waals surface area contributed by atoms with Crippen LogP contribution in [-0.4, -0.2) is 29.7 Å². The number of nitro benzene ring substituents is 1. The molecule has 5 rings (SSSR count). The minimum absolute atomic E-state index is 0.0450. The highest BCUT2D eigenvalue weighted by Crippen LogP contribution is 2.43. The number of non-ortho nitro benzene ring substituents is 1. The molecule has 1 aliphatic carbocycles. The normalized spacial score (nSPS) is 13.5. The molecule has 3 heterocycles. The predicted molar refractivity (Wildman–Crippen MR) is 119 cm³/mol. The quantitative estimate of drug-likeness (QED) is 0.210. The lowest BCUT2D eigenvalue weighted by Gasteiger charge is -2.09. The van der Waals surface area contributed by atoms with Crippen LogP contribution in [0.5, 0.6) is 0 Å². The van der Waals surface area contributed by atoms with Crippen molar-refractivity contribution < 1.29 is 4.92 Å². The first kappa shape index (κ1) is 19.8. The van der Waals surface area contributed by atoms with Crippen LogP contribution in [0.2, 0.25) is 0 Å². The molecule has 0 atom stereocenters. The van der Waals surface area contributed by atoms with Crippen LogP contribution in [0.25, 0.3) is 22.1 Å². The summed E-state index contributed by atoms with van der Waals surface area (Å²) in [5.41, 5.74) is 1.69. The third-order valence-electron chi connectivity index (χ3n) is 4.97. The molecule has 1 fully saturated rings. The first-order chi connectivity index (χ1) is 15.1. The van der Waals surface area contributed by atoms with Gasteiger partial charge in [0.1, 0.15) is 5.03 Å². The summed E-state index contributed by atoms with van der Waals surface area (Å²) in [6.45, 7) is 2.04. The molecule has 1 aromatic carbocycles. The van der Waals surface area contributed by atoms with E-state index in [1.807, 2.05) is 24.4 Å². The molecule has 156 valence electrons. The molecule has 1 saturated carbocycles. The smallest absolute Gasteiger partial charge is 0.269 e. The van der Waals surface area contributed by atoms with E-state index in [2.05, 4.69) is 25.8 Å². The third kappa shape index (κ3) is 4.08. The summed E-state index contributed by atoms with van der Waals surface area (Å²) < 4.78 is 2.22. The average Bonchev–Trinajstić information content (AvgIpc) is 3.31. The van der Waals surface area contributed by atoms with Gasteiger partial charge in [-0.05, 0) is 60.7 Å². The summed E-state index contributed by atoms with van der Waals surface area (Å²) in [5.74, 6) is 1.45. The maximum atomic E-state index is 10.9. The fourth-order valence-corrected chi connectivity index (χ4v) is 4.88. The lowest BCUT2D eigenvalue weighted by molar-refractivity contribution is -0.384. The van der Waals surface area contributed by atoms with Crippen molar-refractivity contribution in [2.24, 2.45) is 0 Å². The number of nitro groups is 1. The zero-order valence-corrected chi connectivity index (χ0v) is 18.3. The van der Waals surface area contributed by atoms with E-state index in [1.54, 1.807) is 23.5 Å². The van der Waals surface area contributed by atoms with E-state index in [0.717, 1.165) is 51.4 Å². The van der Waals surface area contributed by atoms with E-state index in [0.29, 0.717) is 11.9 Å². The Morgan fingerprint density at radius 1 is 1.19 bits per heavy atom. The molecule has 0 radical (unpaired) electrons. The maximum Gasteiger partial charge on any atom is 0.269 e. The van der Waals surface area contributed by atoms with Crippen LogP contribution in [0.3, 0.4) is 0 Å². The van der Waals surface area contributed by atoms with Gasteiger partial charge in [0.2, 0.25) is 0 Å².